The molecule has 0 spiro atoms. The minimum absolute atomic E-state index is 0.246. The SMILES string of the molecule is CCCNC(C)c1ccc(-c2cn(C)nc2CC)o1. The molecule has 0 saturated heterocycles. The van der Waals surface area contributed by atoms with E-state index in [-0.39, 0.29) is 6.04 Å². The molecule has 1 atom stereocenters. The van der Waals surface area contributed by atoms with Crippen molar-refractivity contribution in [2.75, 3.05) is 6.54 Å². The highest BCUT2D eigenvalue weighted by molar-refractivity contribution is 5.59. The fourth-order valence-electron chi connectivity index (χ4n) is 2.19. The second-order valence-corrected chi connectivity index (χ2v) is 4.89. The van der Waals surface area contributed by atoms with Crippen LogP contribution >= 0.6 is 0 Å². The van der Waals surface area contributed by atoms with Crippen molar-refractivity contribution in [1.29, 1.82) is 0 Å². The summed E-state index contributed by atoms with van der Waals surface area (Å²) in [5.74, 6) is 1.89. The minimum Gasteiger partial charge on any atom is -0.459 e. The molecule has 0 aliphatic rings. The Morgan fingerprint density at radius 2 is 2.16 bits per heavy atom. The van der Waals surface area contributed by atoms with Crippen molar-refractivity contribution in [1.82, 2.24) is 15.1 Å². The first kappa shape index (κ1) is 13.9. The highest BCUT2D eigenvalue weighted by atomic mass is 16.3. The first-order valence-corrected chi connectivity index (χ1v) is 7.01. The summed E-state index contributed by atoms with van der Waals surface area (Å²) in [5.41, 5.74) is 2.18. The third-order valence-corrected chi connectivity index (χ3v) is 3.26. The maximum atomic E-state index is 5.97. The van der Waals surface area contributed by atoms with Crippen molar-refractivity contribution >= 4 is 0 Å². The van der Waals surface area contributed by atoms with E-state index >= 15 is 0 Å². The van der Waals surface area contributed by atoms with Crippen LogP contribution in [0.2, 0.25) is 0 Å². The van der Waals surface area contributed by atoms with E-state index < -0.39 is 0 Å². The smallest absolute Gasteiger partial charge is 0.137 e. The lowest BCUT2D eigenvalue weighted by Crippen LogP contribution is -2.18. The van der Waals surface area contributed by atoms with Crippen molar-refractivity contribution in [3.8, 4) is 11.3 Å². The van der Waals surface area contributed by atoms with E-state index in [4.69, 9.17) is 4.42 Å². The summed E-state index contributed by atoms with van der Waals surface area (Å²) >= 11 is 0. The fourth-order valence-corrected chi connectivity index (χ4v) is 2.19. The Hall–Kier alpha value is -1.55. The summed E-state index contributed by atoms with van der Waals surface area (Å²) in [6.45, 7) is 7.41. The first-order valence-electron chi connectivity index (χ1n) is 7.01. The van der Waals surface area contributed by atoms with E-state index in [9.17, 15) is 0 Å². The highest BCUT2D eigenvalue weighted by Crippen LogP contribution is 2.27. The number of nitrogens with one attached hydrogen (secondary N) is 1. The van der Waals surface area contributed by atoms with Crippen LogP contribution in [0, 0.1) is 0 Å². The Labute approximate surface area is 114 Å². The number of nitrogens with zero attached hydrogens (tertiary/aromatic N) is 2. The Morgan fingerprint density at radius 3 is 2.84 bits per heavy atom. The third-order valence-electron chi connectivity index (χ3n) is 3.26. The number of aromatic nitrogens is 2. The van der Waals surface area contributed by atoms with Crippen LogP contribution in [0.1, 0.15) is 44.7 Å². The topological polar surface area (TPSA) is 43.0 Å². The molecule has 104 valence electrons. The lowest BCUT2D eigenvalue weighted by Gasteiger charge is -2.09. The van der Waals surface area contributed by atoms with E-state index in [0.717, 1.165) is 42.2 Å². The molecule has 0 aliphatic heterocycles. The lowest BCUT2D eigenvalue weighted by atomic mass is 10.1. The average Bonchev–Trinajstić information content (AvgIpc) is 3.01. The van der Waals surface area contributed by atoms with E-state index in [2.05, 4.69) is 37.3 Å². The molecule has 4 nitrogen and oxygen atoms in total. The summed E-state index contributed by atoms with van der Waals surface area (Å²) in [6.07, 6.45) is 4.06. The molecule has 0 radical (unpaired) electrons. The summed E-state index contributed by atoms with van der Waals surface area (Å²) in [6, 6.07) is 4.33. The zero-order valence-corrected chi connectivity index (χ0v) is 12.2. The van der Waals surface area contributed by atoms with Gasteiger partial charge in [-0.3, -0.25) is 4.68 Å². The molecule has 0 aromatic carbocycles. The fraction of sp³-hybridized carbons (Fsp3) is 0.533. The van der Waals surface area contributed by atoms with Gasteiger partial charge in [0.25, 0.3) is 0 Å². The molecule has 1 unspecified atom stereocenters. The van der Waals surface area contributed by atoms with Crippen LogP contribution in [0.3, 0.4) is 0 Å². The molecular weight excluding hydrogens is 238 g/mol. The monoisotopic (exact) mass is 261 g/mol. The molecule has 1 N–H and O–H groups in total. The van der Waals surface area contributed by atoms with Crippen LogP contribution in [0.5, 0.6) is 0 Å². The average molecular weight is 261 g/mol. The Morgan fingerprint density at radius 1 is 1.37 bits per heavy atom. The maximum Gasteiger partial charge on any atom is 0.137 e. The van der Waals surface area contributed by atoms with Gasteiger partial charge < -0.3 is 9.73 Å². The zero-order valence-electron chi connectivity index (χ0n) is 12.2. The van der Waals surface area contributed by atoms with Gasteiger partial charge in [0, 0.05) is 13.2 Å². The molecule has 2 aromatic heterocycles. The molecule has 4 heteroatoms. The molecule has 0 amide bonds. The quantitative estimate of drug-likeness (QED) is 0.867. The largest absolute Gasteiger partial charge is 0.459 e. The van der Waals surface area contributed by atoms with Crippen molar-refractivity contribution in [2.24, 2.45) is 7.05 Å². The van der Waals surface area contributed by atoms with Gasteiger partial charge in [-0.2, -0.15) is 5.10 Å². The van der Waals surface area contributed by atoms with Gasteiger partial charge in [0.2, 0.25) is 0 Å². The van der Waals surface area contributed by atoms with Gasteiger partial charge in [0.05, 0.1) is 17.3 Å². The van der Waals surface area contributed by atoms with Crippen LogP contribution in [-0.4, -0.2) is 16.3 Å². The van der Waals surface area contributed by atoms with E-state index in [1.54, 1.807) is 0 Å². The molecule has 0 bridgehead atoms. The lowest BCUT2D eigenvalue weighted by molar-refractivity contribution is 0.438. The summed E-state index contributed by atoms with van der Waals surface area (Å²) < 4.78 is 7.81. The Bertz CT molecular complexity index is 527. The van der Waals surface area contributed by atoms with Crippen molar-refractivity contribution in [2.45, 2.75) is 39.7 Å². The summed E-state index contributed by atoms with van der Waals surface area (Å²) in [4.78, 5) is 0. The minimum atomic E-state index is 0.246. The molecule has 2 heterocycles. The van der Waals surface area contributed by atoms with E-state index in [0.29, 0.717) is 0 Å². The number of hydrogen-bond donors (Lipinski definition) is 1. The Balaban J connectivity index is 2.20. The van der Waals surface area contributed by atoms with Crippen molar-refractivity contribution in [3.63, 3.8) is 0 Å². The maximum absolute atomic E-state index is 5.97. The summed E-state index contributed by atoms with van der Waals surface area (Å²) in [7, 11) is 1.94. The molecule has 0 aliphatic carbocycles. The second-order valence-electron chi connectivity index (χ2n) is 4.89. The molecular formula is C15H23N3O. The van der Waals surface area contributed by atoms with Gasteiger partial charge in [0.1, 0.15) is 11.5 Å². The van der Waals surface area contributed by atoms with Gasteiger partial charge in [-0.15, -0.1) is 0 Å². The number of furan rings is 1. The van der Waals surface area contributed by atoms with Gasteiger partial charge >= 0.3 is 0 Å². The normalized spacial score (nSPS) is 12.8. The van der Waals surface area contributed by atoms with Crippen LogP contribution in [-0.2, 0) is 13.5 Å². The van der Waals surface area contributed by atoms with Crippen LogP contribution in [0.15, 0.2) is 22.7 Å². The third kappa shape index (κ3) is 3.07. The second kappa shape index (κ2) is 6.06. The van der Waals surface area contributed by atoms with Gasteiger partial charge in [-0.05, 0) is 38.4 Å². The van der Waals surface area contributed by atoms with Gasteiger partial charge in [-0.25, -0.2) is 0 Å². The number of aryl methyl sites for hydroxylation is 2. The van der Waals surface area contributed by atoms with Crippen LogP contribution < -0.4 is 5.32 Å². The van der Waals surface area contributed by atoms with Crippen molar-refractivity contribution < 1.29 is 4.42 Å². The predicted octanol–water partition coefficient (Wildman–Crippen LogP) is 3.30. The van der Waals surface area contributed by atoms with Gasteiger partial charge in [-0.1, -0.05) is 13.8 Å². The predicted molar refractivity (Wildman–Crippen MR) is 77.0 cm³/mol. The van der Waals surface area contributed by atoms with Crippen molar-refractivity contribution in [3.05, 3.63) is 29.8 Å². The first-order chi connectivity index (χ1) is 9.15. The molecule has 2 rings (SSSR count). The molecule has 0 saturated carbocycles. The van der Waals surface area contributed by atoms with Gasteiger partial charge in [0.15, 0.2) is 0 Å². The Kier molecular flexibility index (Phi) is 4.43. The van der Waals surface area contributed by atoms with Crippen LogP contribution in [0.25, 0.3) is 11.3 Å². The zero-order chi connectivity index (χ0) is 13.8. The highest BCUT2D eigenvalue weighted by Gasteiger charge is 2.14. The van der Waals surface area contributed by atoms with E-state index in [1.165, 1.54) is 0 Å². The van der Waals surface area contributed by atoms with Crippen LogP contribution in [0.4, 0.5) is 0 Å². The standard InChI is InChI=1S/C15H23N3O/c1-5-9-16-11(3)14-7-8-15(19-14)12-10-18(4)17-13(12)6-2/h7-8,10-11,16H,5-6,9H2,1-4H3. The molecule has 2 aromatic rings. The number of hydrogen-bond acceptors (Lipinski definition) is 3. The number of rotatable bonds is 6. The summed E-state index contributed by atoms with van der Waals surface area (Å²) in [5, 5.41) is 7.88. The van der Waals surface area contributed by atoms with E-state index in [1.807, 2.05) is 24.0 Å². The molecule has 0 fully saturated rings. The molecule has 19 heavy (non-hydrogen) atoms.